The zero-order chi connectivity index (χ0) is 9.61. The molecule has 1 N–H and O–H groups in total. The van der Waals surface area contributed by atoms with E-state index in [1.54, 1.807) is 0 Å². The van der Waals surface area contributed by atoms with Crippen LogP contribution in [0.2, 0.25) is 0 Å². The molecule has 0 aromatic heterocycles. The van der Waals surface area contributed by atoms with Gasteiger partial charge in [0.15, 0.2) is 0 Å². The summed E-state index contributed by atoms with van der Waals surface area (Å²) in [6.45, 7) is 14.6. The van der Waals surface area contributed by atoms with E-state index in [1.807, 2.05) is 6.92 Å². The topological polar surface area (TPSA) is 21.3 Å². The van der Waals surface area contributed by atoms with E-state index in [1.165, 1.54) is 0 Å². The Bertz CT molecular complexity index is 135. The Kier molecular flexibility index (Phi) is 5.18. The van der Waals surface area contributed by atoms with Crippen molar-refractivity contribution in [3.8, 4) is 0 Å². The Hall–Kier alpha value is -0.340. The molecule has 0 fully saturated rings. The maximum atomic E-state index is 5.22. The first kappa shape index (κ1) is 11.7. The van der Waals surface area contributed by atoms with Gasteiger partial charge < -0.3 is 10.1 Å². The summed E-state index contributed by atoms with van der Waals surface area (Å²) >= 11 is 0. The number of hydrogen-bond donors (Lipinski definition) is 1. The molecule has 0 spiro atoms. The quantitative estimate of drug-likeness (QED) is 0.638. The van der Waals surface area contributed by atoms with Gasteiger partial charge in [0.05, 0.1) is 6.61 Å². The van der Waals surface area contributed by atoms with Crippen LogP contribution in [0.1, 0.15) is 27.7 Å². The summed E-state index contributed by atoms with van der Waals surface area (Å²) in [5.41, 5.74) is 1.27. The Balaban J connectivity index is 3.44. The van der Waals surface area contributed by atoms with Crippen molar-refractivity contribution in [2.75, 3.05) is 19.8 Å². The smallest absolute Gasteiger partial charge is 0.0686 e. The van der Waals surface area contributed by atoms with Crippen LogP contribution < -0.4 is 5.32 Å². The molecule has 0 heterocycles. The predicted octanol–water partition coefficient (Wildman–Crippen LogP) is 1.97. The first-order chi connectivity index (χ1) is 5.45. The average Bonchev–Trinajstić information content (AvgIpc) is 1.95. The van der Waals surface area contributed by atoms with Gasteiger partial charge in [0, 0.05) is 18.7 Å². The summed E-state index contributed by atoms with van der Waals surface area (Å²) < 4.78 is 5.22. The molecule has 0 unspecified atom stereocenters. The third-order valence-electron chi connectivity index (χ3n) is 1.38. The highest BCUT2D eigenvalue weighted by Gasteiger charge is 2.08. The molecule has 72 valence electrons. The summed E-state index contributed by atoms with van der Waals surface area (Å²) in [6, 6.07) is 0. The van der Waals surface area contributed by atoms with Gasteiger partial charge in [-0.25, -0.2) is 0 Å². The predicted molar refractivity (Wildman–Crippen MR) is 53.4 cm³/mol. The molecule has 0 aromatic carbocycles. The molecule has 0 saturated carbocycles. The van der Waals surface area contributed by atoms with E-state index in [-0.39, 0.29) is 5.54 Å². The molecule has 2 heteroatoms. The van der Waals surface area contributed by atoms with Crippen LogP contribution in [0.4, 0.5) is 0 Å². The van der Waals surface area contributed by atoms with Crippen LogP contribution in [0, 0.1) is 0 Å². The van der Waals surface area contributed by atoms with Gasteiger partial charge in [-0.2, -0.15) is 0 Å². The second-order valence-corrected chi connectivity index (χ2v) is 3.99. The first-order valence-electron chi connectivity index (χ1n) is 4.45. The molecule has 2 nitrogen and oxygen atoms in total. The third kappa shape index (κ3) is 7.76. The van der Waals surface area contributed by atoms with Gasteiger partial charge in [-0.05, 0) is 33.3 Å². The SMILES string of the molecule is C=C(CNC(C)(C)C)COCC. The largest absolute Gasteiger partial charge is 0.377 e. The molecule has 12 heavy (non-hydrogen) atoms. The van der Waals surface area contributed by atoms with E-state index in [0.717, 1.165) is 18.7 Å². The average molecular weight is 171 g/mol. The fraction of sp³-hybridized carbons (Fsp3) is 0.800. The lowest BCUT2D eigenvalue weighted by Gasteiger charge is -2.21. The molecule has 0 aliphatic heterocycles. The zero-order valence-corrected chi connectivity index (χ0v) is 8.74. The van der Waals surface area contributed by atoms with Gasteiger partial charge in [0.2, 0.25) is 0 Å². The van der Waals surface area contributed by atoms with Gasteiger partial charge in [-0.1, -0.05) is 6.58 Å². The van der Waals surface area contributed by atoms with E-state index in [4.69, 9.17) is 4.74 Å². The fourth-order valence-electron chi connectivity index (χ4n) is 0.688. The molecule has 0 atom stereocenters. The Morgan fingerprint density at radius 1 is 1.42 bits per heavy atom. The van der Waals surface area contributed by atoms with E-state index in [2.05, 4.69) is 32.7 Å². The summed E-state index contributed by atoms with van der Waals surface area (Å²) in [6.07, 6.45) is 0. The van der Waals surface area contributed by atoms with Crippen molar-refractivity contribution in [2.24, 2.45) is 0 Å². The Morgan fingerprint density at radius 3 is 2.42 bits per heavy atom. The summed E-state index contributed by atoms with van der Waals surface area (Å²) in [7, 11) is 0. The maximum Gasteiger partial charge on any atom is 0.0686 e. The molecular weight excluding hydrogens is 150 g/mol. The van der Waals surface area contributed by atoms with Crippen LogP contribution in [0.3, 0.4) is 0 Å². The van der Waals surface area contributed by atoms with Crippen LogP contribution in [0.5, 0.6) is 0 Å². The maximum absolute atomic E-state index is 5.22. The van der Waals surface area contributed by atoms with Crippen LogP contribution in [-0.4, -0.2) is 25.3 Å². The van der Waals surface area contributed by atoms with Crippen LogP contribution in [0.15, 0.2) is 12.2 Å². The molecule has 0 aliphatic carbocycles. The molecule has 0 rings (SSSR count). The van der Waals surface area contributed by atoms with Crippen molar-refractivity contribution in [1.82, 2.24) is 5.32 Å². The summed E-state index contributed by atoms with van der Waals surface area (Å²) in [4.78, 5) is 0. The molecule has 0 saturated heterocycles. The van der Waals surface area contributed by atoms with Crippen LogP contribution in [-0.2, 0) is 4.74 Å². The zero-order valence-electron chi connectivity index (χ0n) is 8.74. The van der Waals surface area contributed by atoms with Crippen LogP contribution >= 0.6 is 0 Å². The Labute approximate surface area is 76.0 Å². The molecule has 0 radical (unpaired) electrons. The third-order valence-corrected chi connectivity index (χ3v) is 1.38. The number of hydrogen-bond acceptors (Lipinski definition) is 2. The second kappa shape index (κ2) is 5.33. The van der Waals surface area contributed by atoms with Gasteiger partial charge in [0.1, 0.15) is 0 Å². The van der Waals surface area contributed by atoms with Gasteiger partial charge in [0.25, 0.3) is 0 Å². The highest BCUT2D eigenvalue weighted by Crippen LogP contribution is 1.99. The van der Waals surface area contributed by atoms with E-state index >= 15 is 0 Å². The molecular formula is C10H21NO. The van der Waals surface area contributed by atoms with Gasteiger partial charge in [-0.15, -0.1) is 0 Å². The molecule has 0 bridgehead atoms. The first-order valence-corrected chi connectivity index (χ1v) is 4.45. The lowest BCUT2D eigenvalue weighted by Crippen LogP contribution is -2.37. The molecule has 0 aromatic rings. The van der Waals surface area contributed by atoms with Crippen molar-refractivity contribution < 1.29 is 4.74 Å². The van der Waals surface area contributed by atoms with Crippen molar-refractivity contribution in [3.63, 3.8) is 0 Å². The lowest BCUT2D eigenvalue weighted by molar-refractivity contribution is 0.168. The van der Waals surface area contributed by atoms with Gasteiger partial charge in [-0.3, -0.25) is 0 Å². The van der Waals surface area contributed by atoms with Crippen molar-refractivity contribution in [3.05, 3.63) is 12.2 Å². The van der Waals surface area contributed by atoms with Gasteiger partial charge >= 0.3 is 0 Å². The highest BCUT2D eigenvalue weighted by molar-refractivity contribution is 4.98. The Morgan fingerprint density at radius 2 is 2.00 bits per heavy atom. The number of rotatable bonds is 5. The minimum atomic E-state index is 0.162. The number of ether oxygens (including phenoxy) is 1. The normalized spacial score (nSPS) is 11.7. The molecule has 0 amide bonds. The van der Waals surface area contributed by atoms with Crippen molar-refractivity contribution in [1.29, 1.82) is 0 Å². The van der Waals surface area contributed by atoms with E-state index in [9.17, 15) is 0 Å². The van der Waals surface area contributed by atoms with Crippen molar-refractivity contribution >= 4 is 0 Å². The summed E-state index contributed by atoms with van der Waals surface area (Å²) in [5.74, 6) is 0. The van der Waals surface area contributed by atoms with Crippen molar-refractivity contribution in [2.45, 2.75) is 33.2 Å². The van der Waals surface area contributed by atoms with E-state index < -0.39 is 0 Å². The minimum Gasteiger partial charge on any atom is -0.377 e. The second-order valence-electron chi connectivity index (χ2n) is 3.99. The fourth-order valence-corrected chi connectivity index (χ4v) is 0.688. The minimum absolute atomic E-state index is 0.162. The summed E-state index contributed by atoms with van der Waals surface area (Å²) in [5, 5.41) is 3.35. The highest BCUT2D eigenvalue weighted by atomic mass is 16.5. The molecule has 0 aliphatic rings. The standard InChI is InChI=1S/C10H21NO/c1-6-12-8-9(2)7-11-10(3,4)5/h11H,2,6-8H2,1,3-5H3. The van der Waals surface area contributed by atoms with Crippen LogP contribution in [0.25, 0.3) is 0 Å². The number of nitrogens with one attached hydrogen (secondary N) is 1. The van der Waals surface area contributed by atoms with E-state index in [0.29, 0.717) is 6.61 Å². The lowest BCUT2D eigenvalue weighted by atomic mass is 10.1. The monoisotopic (exact) mass is 171 g/mol.